The zero-order valence-electron chi connectivity index (χ0n) is 6.73. The molecule has 0 aromatic carbocycles. The Balaban J connectivity index is 0.000000165. The predicted molar refractivity (Wildman–Crippen MR) is 38.0 cm³/mol. The minimum absolute atomic E-state index is 0.878. The minimum atomic E-state index is -4.45. The summed E-state index contributed by atoms with van der Waals surface area (Å²) in [6.07, 6.45) is 1.84. The number of halogens is 3. The Morgan fingerprint density at radius 3 is 2.14 bits per heavy atom. The molecule has 0 radical (unpaired) electrons. The molecule has 0 aliphatic rings. The molecule has 0 saturated carbocycles. The minimum Gasteiger partial charge on any atom is -0.452 e. The van der Waals surface area contributed by atoms with Gasteiger partial charge in [0, 0.05) is 0 Å². The molecule has 0 amide bonds. The van der Waals surface area contributed by atoms with E-state index in [1.807, 2.05) is 0 Å². The molecule has 0 bridgehead atoms. The van der Waals surface area contributed by atoms with Crippen molar-refractivity contribution in [2.45, 2.75) is 6.18 Å². The van der Waals surface area contributed by atoms with Crippen LogP contribution in [0.2, 0.25) is 0 Å². The van der Waals surface area contributed by atoms with Crippen molar-refractivity contribution in [1.82, 2.24) is 9.97 Å². The lowest BCUT2D eigenvalue weighted by Gasteiger charge is -1.96. The molecule has 2 aromatic heterocycles. The second-order valence-corrected chi connectivity index (χ2v) is 2.01. The number of hydrogen-bond donors (Lipinski definition) is 0. The van der Waals surface area contributed by atoms with Gasteiger partial charge in [0.25, 0.3) is 0 Å². The third-order valence-corrected chi connectivity index (χ3v) is 1.02. The number of oxazole rings is 2. The first-order valence-electron chi connectivity index (χ1n) is 3.39. The monoisotopic (exact) mass is 206 g/mol. The van der Waals surface area contributed by atoms with Crippen LogP contribution in [0, 0.1) is 0 Å². The molecule has 4 nitrogen and oxygen atoms in total. The molecule has 7 heteroatoms. The van der Waals surface area contributed by atoms with Crippen LogP contribution in [0.3, 0.4) is 0 Å². The largest absolute Gasteiger partial charge is 0.468 e. The van der Waals surface area contributed by atoms with Crippen LogP contribution in [0.15, 0.2) is 40.1 Å². The molecule has 0 spiro atoms. The van der Waals surface area contributed by atoms with Crippen molar-refractivity contribution in [3.8, 4) is 0 Å². The van der Waals surface area contributed by atoms with Crippen LogP contribution in [-0.2, 0) is 6.18 Å². The lowest BCUT2D eigenvalue weighted by atomic mass is 10.7. The van der Waals surface area contributed by atoms with Gasteiger partial charge in [-0.05, 0) is 0 Å². The summed E-state index contributed by atoms with van der Waals surface area (Å²) in [5.41, 5.74) is 0. The average Bonchev–Trinajstić information content (AvgIpc) is 2.80. The van der Waals surface area contributed by atoms with Gasteiger partial charge < -0.3 is 8.83 Å². The van der Waals surface area contributed by atoms with Crippen molar-refractivity contribution in [3.63, 3.8) is 0 Å². The Bertz CT molecular complexity index is 311. The highest BCUT2D eigenvalue weighted by atomic mass is 19.4. The zero-order chi connectivity index (χ0) is 10.4. The Morgan fingerprint density at radius 2 is 1.93 bits per heavy atom. The van der Waals surface area contributed by atoms with E-state index < -0.39 is 12.1 Å². The molecule has 0 unspecified atom stereocenters. The Morgan fingerprint density at radius 1 is 1.14 bits per heavy atom. The van der Waals surface area contributed by atoms with Gasteiger partial charge in [-0.15, -0.1) is 0 Å². The first-order chi connectivity index (χ1) is 6.61. The summed E-state index contributed by atoms with van der Waals surface area (Å²) in [5.74, 6) is -1.21. The van der Waals surface area contributed by atoms with E-state index in [0.29, 0.717) is 0 Å². The van der Waals surface area contributed by atoms with Gasteiger partial charge >= 0.3 is 12.1 Å². The Kier molecular flexibility index (Phi) is 3.27. The maximum absolute atomic E-state index is 11.5. The van der Waals surface area contributed by atoms with E-state index >= 15 is 0 Å². The van der Waals surface area contributed by atoms with E-state index in [9.17, 15) is 13.2 Å². The van der Waals surface area contributed by atoms with E-state index in [1.165, 1.54) is 12.7 Å². The molecular formula is C7H5F3N2O2. The molecular weight excluding hydrogens is 201 g/mol. The lowest BCUT2D eigenvalue weighted by molar-refractivity contribution is -0.157. The van der Waals surface area contributed by atoms with Crippen LogP contribution in [0.1, 0.15) is 5.89 Å². The summed E-state index contributed by atoms with van der Waals surface area (Å²) in [4.78, 5) is 6.45. The summed E-state index contributed by atoms with van der Waals surface area (Å²) in [6, 6.07) is 0. The van der Waals surface area contributed by atoms with Crippen LogP contribution in [0.5, 0.6) is 0 Å². The van der Waals surface area contributed by atoms with Crippen LogP contribution in [0.25, 0.3) is 0 Å². The van der Waals surface area contributed by atoms with Gasteiger partial charge in [-0.25, -0.2) is 9.97 Å². The highest BCUT2D eigenvalue weighted by molar-refractivity contribution is 4.84. The fraction of sp³-hybridized carbons (Fsp3) is 0.143. The maximum atomic E-state index is 11.5. The van der Waals surface area contributed by atoms with E-state index in [4.69, 9.17) is 0 Å². The van der Waals surface area contributed by atoms with Gasteiger partial charge in [-0.2, -0.15) is 13.2 Å². The normalized spacial score (nSPS) is 10.5. The third-order valence-electron chi connectivity index (χ3n) is 1.02. The number of hydrogen-bond acceptors (Lipinski definition) is 4. The van der Waals surface area contributed by atoms with Crippen molar-refractivity contribution in [1.29, 1.82) is 0 Å². The van der Waals surface area contributed by atoms with Gasteiger partial charge in [0.1, 0.15) is 12.5 Å². The first kappa shape index (κ1) is 10.3. The van der Waals surface area contributed by atoms with Crippen molar-refractivity contribution in [2.24, 2.45) is 0 Å². The summed E-state index contributed by atoms with van der Waals surface area (Å²) in [7, 11) is 0. The molecule has 2 rings (SSSR count). The first-order valence-corrected chi connectivity index (χ1v) is 3.39. The third kappa shape index (κ3) is 3.30. The van der Waals surface area contributed by atoms with Crippen molar-refractivity contribution in [3.05, 3.63) is 37.2 Å². The summed E-state index contributed by atoms with van der Waals surface area (Å²) in [5, 5.41) is 0. The smallest absolute Gasteiger partial charge is 0.452 e. The maximum Gasteiger partial charge on any atom is 0.468 e. The van der Waals surface area contributed by atoms with Crippen molar-refractivity contribution >= 4 is 0 Å². The quantitative estimate of drug-likeness (QED) is 0.663. The lowest BCUT2D eigenvalue weighted by Crippen LogP contribution is -2.04. The second kappa shape index (κ2) is 4.45. The zero-order valence-corrected chi connectivity index (χ0v) is 6.73. The summed E-state index contributed by atoms with van der Waals surface area (Å²) in [6.45, 7) is 0. The number of alkyl halides is 3. The molecule has 0 fully saturated rings. The van der Waals surface area contributed by atoms with E-state index in [0.717, 1.165) is 12.5 Å². The Hall–Kier alpha value is -1.79. The molecule has 2 heterocycles. The second-order valence-electron chi connectivity index (χ2n) is 2.01. The number of aromatic nitrogens is 2. The predicted octanol–water partition coefficient (Wildman–Crippen LogP) is 2.37. The van der Waals surface area contributed by atoms with Gasteiger partial charge in [0.15, 0.2) is 6.39 Å². The fourth-order valence-corrected chi connectivity index (χ4v) is 0.539. The van der Waals surface area contributed by atoms with Crippen LogP contribution in [0.4, 0.5) is 13.2 Å². The SMILES string of the molecule is FC(F)(F)c1ncco1.c1cocn1. The van der Waals surface area contributed by atoms with Gasteiger partial charge in [0.2, 0.25) is 0 Å². The molecule has 2 aromatic rings. The summed E-state index contributed by atoms with van der Waals surface area (Å²) < 4.78 is 42.8. The summed E-state index contributed by atoms with van der Waals surface area (Å²) >= 11 is 0. The molecule has 0 N–H and O–H groups in total. The van der Waals surface area contributed by atoms with Crippen LogP contribution >= 0.6 is 0 Å². The van der Waals surface area contributed by atoms with E-state index in [-0.39, 0.29) is 0 Å². The average molecular weight is 206 g/mol. The highest BCUT2D eigenvalue weighted by Crippen LogP contribution is 2.26. The topological polar surface area (TPSA) is 52.1 Å². The van der Waals surface area contributed by atoms with Crippen molar-refractivity contribution in [2.75, 3.05) is 0 Å². The van der Waals surface area contributed by atoms with Gasteiger partial charge in [-0.3, -0.25) is 0 Å². The molecule has 0 saturated heterocycles. The molecule has 0 atom stereocenters. The van der Waals surface area contributed by atoms with Gasteiger partial charge in [0.05, 0.1) is 12.4 Å². The van der Waals surface area contributed by atoms with Crippen molar-refractivity contribution < 1.29 is 22.0 Å². The molecule has 76 valence electrons. The number of rotatable bonds is 0. The molecule has 0 aliphatic carbocycles. The number of nitrogens with zero attached hydrogens (tertiary/aromatic N) is 2. The molecule has 0 aliphatic heterocycles. The van der Waals surface area contributed by atoms with E-state index in [2.05, 4.69) is 18.8 Å². The van der Waals surface area contributed by atoms with Crippen LogP contribution < -0.4 is 0 Å². The standard InChI is InChI=1S/C4H2F3NO.C3H3NO/c5-4(6,7)3-8-1-2-9-3;1-2-5-3-4-1/h1-2H;1-3H. The highest BCUT2D eigenvalue weighted by Gasteiger charge is 2.36. The fourth-order valence-electron chi connectivity index (χ4n) is 0.539. The molecule has 14 heavy (non-hydrogen) atoms. The van der Waals surface area contributed by atoms with Crippen LogP contribution in [-0.4, -0.2) is 9.97 Å². The van der Waals surface area contributed by atoms with Gasteiger partial charge in [-0.1, -0.05) is 0 Å². The Labute approximate surface area is 76.4 Å². The van der Waals surface area contributed by atoms with E-state index in [1.54, 1.807) is 6.20 Å².